The molecule has 1 aliphatic rings. The molecule has 1 aliphatic heterocycles. The van der Waals surface area contributed by atoms with Gasteiger partial charge in [-0.1, -0.05) is 24.6 Å². The van der Waals surface area contributed by atoms with Crippen molar-refractivity contribution in [2.24, 2.45) is 5.92 Å². The maximum Gasteiger partial charge on any atom is 0.253 e. The zero-order valence-corrected chi connectivity index (χ0v) is 11.2. The predicted octanol–water partition coefficient (Wildman–Crippen LogP) is 3.43. The molecule has 1 saturated heterocycles. The van der Waals surface area contributed by atoms with Crippen molar-refractivity contribution in [2.45, 2.75) is 18.7 Å². The molecule has 2 unspecified atom stereocenters. The van der Waals surface area contributed by atoms with Gasteiger partial charge in [-0.05, 0) is 30.5 Å². The molecule has 0 aromatic heterocycles. The molecule has 1 heterocycles. The van der Waals surface area contributed by atoms with E-state index in [9.17, 15) is 4.79 Å². The number of rotatable bonds is 1. The third kappa shape index (κ3) is 2.93. The van der Waals surface area contributed by atoms with E-state index in [4.69, 9.17) is 23.2 Å². The van der Waals surface area contributed by atoms with Crippen LogP contribution in [0.15, 0.2) is 24.3 Å². The number of hydrogen-bond acceptors (Lipinski definition) is 1. The van der Waals surface area contributed by atoms with Gasteiger partial charge < -0.3 is 4.90 Å². The summed E-state index contributed by atoms with van der Waals surface area (Å²) in [6, 6.07) is 7.08. The molecule has 1 aromatic carbocycles. The molecule has 2 atom stereocenters. The Hall–Kier alpha value is -0.730. The van der Waals surface area contributed by atoms with Gasteiger partial charge in [-0.2, -0.15) is 0 Å². The van der Waals surface area contributed by atoms with E-state index in [1.54, 1.807) is 24.3 Å². The summed E-state index contributed by atoms with van der Waals surface area (Å²) in [6.07, 6.45) is 0.856. The highest BCUT2D eigenvalue weighted by Gasteiger charge is 2.27. The van der Waals surface area contributed by atoms with E-state index in [-0.39, 0.29) is 11.3 Å². The van der Waals surface area contributed by atoms with Crippen molar-refractivity contribution >= 4 is 29.1 Å². The van der Waals surface area contributed by atoms with Crippen molar-refractivity contribution in [3.8, 4) is 0 Å². The van der Waals surface area contributed by atoms with Crippen molar-refractivity contribution in [3.63, 3.8) is 0 Å². The van der Waals surface area contributed by atoms with Crippen LogP contribution >= 0.6 is 23.2 Å². The van der Waals surface area contributed by atoms with Gasteiger partial charge in [0.15, 0.2) is 0 Å². The van der Waals surface area contributed by atoms with Gasteiger partial charge in [0.1, 0.15) is 0 Å². The summed E-state index contributed by atoms with van der Waals surface area (Å²) in [4.78, 5) is 14.1. The first kappa shape index (κ1) is 12.7. The lowest BCUT2D eigenvalue weighted by atomic mass is 9.99. The molecule has 0 saturated carbocycles. The fourth-order valence-corrected chi connectivity index (χ4v) is 2.47. The number of nitrogens with zero attached hydrogens (tertiary/aromatic N) is 1. The molecule has 92 valence electrons. The first-order valence-corrected chi connectivity index (χ1v) is 6.58. The van der Waals surface area contributed by atoms with Crippen LogP contribution in [0.5, 0.6) is 0 Å². The van der Waals surface area contributed by atoms with Crippen molar-refractivity contribution in [3.05, 3.63) is 34.9 Å². The molecule has 0 spiro atoms. The molecule has 4 heteroatoms. The van der Waals surface area contributed by atoms with E-state index >= 15 is 0 Å². The number of halogens is 2. The standard InChI is InChI=1S/C13H15Cl2NO/c1-9-8-16(6-5-12(9)15)13(17)10-3-2-4-11(14)7-10/h2-4,7,9,12H,5-6,8H2,1H3. The summed E-state index contributed by atoms with van der Waals surface area (Å²) >= 11 is 12.0. The van der Waals surface area contributed by atoms with Crippen LogP contribution in [-0.4, -0.2) is 29.3 Å². The van der Waals surface area contributed by atoms with Crippen LogP contribution in [0, 0.1) is 5.92 Å². The molecule has 0 aliphatic carbocycles. The topological polar surface area (TPSA) is 20.3 Å². The Morgan fingerprint density at radius 3 is 2.88 bits per heavy atom. The second-order valence-corrected chi connectivity index (χ2v) is 5.54. The Morgan fingerprint density at radius 1 is 1.47 bits per heavy atom. The average Bonchev–Trinajstić information content (AvgIpc) is 2.32. The third-order valence-corrected chi connectivity index (χ3v) is 4.04. The minimum Gasteiger partial charge on any atom is -0.338 e. The molecule has 0 N–H and O–H groups in total. The van der Waals surface area contributed by atoms with Crippen LogP contribution in [0.2, 0.25) is 5.02 Å². The number of piperidine rings is 1. The quantitative estimate of drug-likeness (QED) is 0.717. The summed E-state index contributed by atoms with van der Waals surface area (Å²) < 4.78 is 0. The Balaban J connectivity index is 2.10. The molecule has 1 fully saturated rings. The number of carbonyl (C=O) groups is 1. The number of carbonyl (C=O) groups excluding carboxylic acids is 1. The summed E-state index contributed by atoms with van der Waals surface area (Å²) in [6.45, 7) is 3.53. The van der Waals surface area contributed by atoms with Crippen molar-refractivity contribution < 1.29 is 4.79 Å². The number of alkyl halides is 1. The Kier molecular flexibility index (Phi) is 3.95. The zero-order valence-electron chi connectivity index (χ0n) is 9.70. The van der Waals surface area contributed by atoms with Gasteiger partial charge in [-0.25, -0.2) is 0 Å². The van der Waals surface area contributed by atoms with E-state index in [1.807, 2.05) is 4.90 Å². The second-order valence-electron chi connectivity index (χ2n) is 4.54. The lowest BCUT2D eigenvalue weighted by molar-refractivity contribution is 0.0687. The van der Waals surface area contributed by atoms with Gasteiger partial charge in [0.25, 0.3) is 5.91 Å². The highest BCUT2D eigenvalue weighted by Crippen LogP contribution is 2.23. The fourth-order valence-electron chi connectivity index (χ4n) is 2.11. The van der Waals surface area contributed by atoms with E-state index in [1.165, 1.54) is 0 Å². The minimum atomic E-state index is 0.0444. The molecule has 0 radical (unpaired) electrons. The van der Waals surface area contributed by atoms with E-state index in [2.05, 4.69) is 6.92 Å². The van der Waals surface area contributed by atoms with Crippen LogP contribution < -0.4 is 0 Å². The molecule has 0 bridgehead atoms. The Morgan fingerprint density at radius 2 is 2.24 bits per heavy atom. The highest BCUT2D eigenvalue weighted by molar-refractivity contribution is 6.31. The molecule has 1 aromatic rings. The van der Waals surface area contributed by atoms with Gasteiger partial charge in [-0.15, -0.1) is 11.6 Å². The molecule has 1 amide bonds. The SMILES string of the molecule is CC1CN(C(=O)c2cccc(Cl)c2)CCC1Cl. The van der Waals surface area contributed by atoms with Crippen LogP contribution in [0.1, 0.15) is 23.7 Å². The van der Waals surface area contributed by atoms with E-state index in [0.717, 1.165) is 19.5 Å². The molecule has 2 nitrogen and oxygen atoms in total. The highest BCUT2D eigenvalue weighted by atomic mass is 35.5. The van der Waals surface area contributed by atoms with Gasteiger partial charge in [-0.3, -0.25) is 4.79 Å². The predicted molar refractivity (Wildman–Crippen MR) is 70.8 cm³/mol. The third-order valence-electron chi connectivity index (χ3n) is 3.16. The first-order chi connectivity index (χ1) is 8.08. The minimum absolute atomic E-state index is 0.0444. The molecular weight excluding hydrogens is 257 g/mol. The fraction of sp³-hybridized carbons (Fsp3) is 0.462. The monoisotopic (exact) mass is 271 g/mol. The van der Waals surface area contributed by atoms with Crippen LogP contribution in [0.4, 0.5) is 0 Å². The second kappa shape index (κ2) is 5.28. The normalized spacial score (nSPS) is 24.8. The lowest BCUT2D eigenvalue weighted by Gasteiger charge is -2.34. The van der Waals surface area contributed by atoms with Crippen molar-refractivity contribution in [2.75, 3.05) is 13.1 Å². The van der Waals surface area contributed by atoms with Gasteiger partial charge in [0.2, 0.25) is 0 Å². The zero-order chi connectivity index (χ0) is 12.4. The van der Waals surface area contributed by atoms with Crippen LogP contribution in [0.25, 0.3) is 0 Å². The van der Waals surface area contributed by atoms with Crippen molar-refractivity contribution in [1.82, 2.24) is 4.90 Å². The summed E-state index contributed by atoms with van der Waals surface area (Å²) in [7, 11) is 0. The summed E-state index contributed by atoms with van der Waals surface area (Å²) in [5.74, 6) is 0.386. The van der Waals surface area contributed by atoms with Gasteiger partial charge in [0.05, 0.1) is 0 Å². The average molecular weight is 272 g/mol. The maximum atomic E-state index is 12.2. The van der Waals surface area contributed by atoms with Gasteiger partial charge >= 0.3 is 0 Å². The lowest BCUT2D eigenvalue weighted by Crippen LogP contribution is -2.43. The molecule has 2 rings (SSSR count). The Labute approximate surface area is 112 Å². The number of likely N-dealkylation sites (tertiary alicyclic amines) is 1. The Bertz CT molecular complexity index is 422. The van der Waals surface area contributed by atoms with Crippen LogP contribution in [0.3, 0.4) is 0 Å². The summed E-state index contributed by atoms with van der Waals surface area (Å²) in [5.41, 5.74) is 0.651. The smallest absolute Gasteiger partial charge is 0.253 e. The molecular formula is C13H15Cl2NO. The van der Waals surface area contributed by atoms with Crippen molar-refractivity contribution in [1.29, 1.82) is 0 Å². The van der Waals surface area contributed by atoms with E-state index in [0.29, 0.717) is 16.5 Å². The summed E-state index contributed by atoms with van der Waals surface area (Å²) in [5, 5.41) is 0.773. The van der Waals surface area contributed by atoms with E-state index < -0.39 is 0 Å². The number of benzene rings is 1. The molecule has 17 heavy (non-hydrogen) atoms. The van der Waals surface area contributed by atoms with Gasteiger partial charge in [0, 0.05) is 29.1 Å². The largest absolute Gasteiger partial charge is 0.338 e. The maximum absolute atomic E-state index is 12.2. The first-order valence-electron chi connectivity index (χ1n) is 5.77. The van der Waals surface area contributed by atoms with Crippen LogP contribution in [-0.2, 0) is 0 Å². The number of hydrogen-bond donors (Lipinski definition) is 0. The number of amides is 1.